The maximum Gasteiger partial charge on any atom is 0.179 e. The third-order valence-electron chi connectivity index (χ3n) is 1.46. The van der Waals surface area contributed by atoms with Crippen LogP contribution in [-0.4, -0.2) is 22.1 Å². The van der Waals surface area contributed by atoms with Gasteiger partial charge in [-0.3, -0.25) is 9.48 Å². The molecular formula is C7H13Cl2N3O. The largest absolute Gasteiger partial charge is 0.324 e. The van der Waals surface area contributed by atoms with E-state index in [2.05, 4.69) is 5.10 Å². The number of nitrogens with zero attached hydrogens (tertiary/aromatic N) is 2. The van der Waals surface area contributed by atoms with Crippen molar-refractivity contribution in [3.8, 4) is 0 Å². The molecule has 0 radical (unpaired) electrons. The Balaban J connectivity index is 0. The van der Waals surface area contributed by atoms with Gasteiger partial charge in [-0.05, 0) is 6.92 Å². The topological polar surface area (TPSA) is 60.9 Å². The van der Waals surface area contributed by atoms with Gasteiger partial charge in [-0.25, -0.2) is 0 Å². The molecule has 4 nitrogen and oxygen atoms in total. The summed E-state index contributed by atoms with van der Waals surface area (Å²) in [4.78, 5) is 11.0. The number of Topliss-reactive ketones (excluding diaryl/α,β-unsaturated/α-hetero) is 1. The molecule has 0 unspecified atom stereocenters. The fourth-order valence-corrected chi connectivity index (χ4v) is 0.798. The molecule has 0 bridgehead atoms. The van der Waals surface area contributed by atoms with Crippen LogP contribution in [0.25, 0.3) is 0 Å². The van der Waals surface area contributed by atoms with Gasteiger partial charge in [-0.2, -0.15) is 5.10 Å². The van der Waals surface area contributed by atoms with Crippen LogP contribution in [0.15, 0.2) is 12.4 Å². The minimum Gasteiger partial charge on any atom is -0.324 e. The van der Waals surface area contributed by atoms with E-state index in [0.717, 1.165) is 6.54 Å². The predicted octanol–water partition coefficient (Wildman–Crippen LogP) is 0.888. The minimum atomic E-state index is -0.0651. The fraction of sp³-hybridized carbons (Fsp3) is 0.429. The molecule has 1 aromatic heterocycles. The number of hydrogen-bond donors (Lipinski definition) is 1. The SMILES string of the molecule is CCn1cc(C(=O)CN)cn1.Cl.Cl. The summed E-state index contributed by atoms with van der Waals surface area (Å²) in [5.41, 5.74) is 5.76. The van der Waals surface area contributed by atoms with E-state index >= 15 is 0 Å². The van der Waals surface area contributed by atoms with Crippen molar-refractivity contribution in [1.82, 2.24) is 9.78 Å². The van der Waals surface area contributed by atoms with Crippen molar-refractivity contribution < 1.29 is 4.79 Å². The van der Waals surface area contributed by atoms with Gasteiger partial charge in [0, 0.05) is 12.7 Å². The van der Waals surface area contributed by atoms with Crippen LogP contribution in [0, 0.1) is 0 Å². The first-order valence-electron chi connectivity index (χ1n) is 3.53. The molecule has 0 aromatic carbocycles. The standard InChI is InChI=1S/C7H11N3O.2ClH/c1-2-10-5-6(4-9-10)7(11)3-8;;/h4-5H,2-3,8H2,1H3;2*1H. The molecule has 0 saturated heterocycles. The molecule has 0 aliphatic rings. The zero-order valence-electron chi connectivity index (χ0n) is 7.27. The zero-order chi connectivity index (χ0) is 8.27. The first-order valence-corrected chi connectivity index (χ1v) is 3.53. The zero-order valence-corrected chi connectivity index (χ0v) is 8.90. The van der Waals surface area contributed by atoms with Crippen molar-refractivity contribution in [3.63, 3.8) is 0 Å². The number of hydrogen-bond acceptors (Lipinski definition) is 3. The monoisotopic (exact) mass is 225 g/mol. The Hall–Kier alpha value is -0.580. The first kappa shape index (κ1) is 14.9. The van der Waals surface area contributed by atoms with Gasteiger partial charge in [0.2, 0.25) is 0 Å². The van der Waals surface area contributed by atoms with Crippen molar-refractivity contribution in [2.75, 3.05) is 6.54 Å². The Morgan fingerprint density at radius 1 is 1.62 bits per heavy atom. The lowest BCUT2D eigenvalue weighted by atomic mass is 10.2. The summed E-state index contributed by atoms with van der Waals surface area (Å²) in [6, 6.07) is 0. The molecule has 0 amide bonds. The van der Waals surface area contributed by atoms with Gasteiger partial charge in [-0.15, -0.1) is 24.8 Å². The smallest absolute Gasteiger partial charge is 0.179 e. The minimum absolute atomic E-state index is 0. The molecule has 0 spiro atoms. The highest BCUT2D eigenvalue weighted by molar-refractivity contribution is 5.96. The molecule has 1 aromatic rings. The third kappa shape index (κ3) is 3.76. The number of ketones is 1. The highest BCUT2D eigenvalue weighted by atomic mass is 35.5. The predicted molar refractivity (Wildman–Crippen MR) is 55.8 cm³/mol. The average Bonchev–Trinajstić information content (AvgIpc) is 2.50. The molecular weight excluding hydrogens is 213 g/mol. The van der Waals surface area contributed by atoms with E-state index in [1.54, 1.807) is 17.1 Å². The van der Waals surface area contributed by atoms with Crippen molar-refractivity contribution in [2.45, 2.75) is 13.5 Å². The summed E-state index contributed by atoms with van der Waals surface area (Å²) in [5.74, 6) is -0.0651. The van der Waals surface area contributed by atoms with Crippen LogP contribution in [0.5, 0.6) is 0 Å². The second-order valence-electron chi connectivity index (χ2n) is 2.21. The second-order valence-corrected chi connectivity index (χ2v) is 2.21. The number of rotatable bonds is 3. The maximum absolute atomic E-state index is 11.0. The van der Waals surface area contributed by atoms with E-state index in [0.29, 0.717) is 5.56 Å². The lowest BCUT2D eigenvalue weighted by Crippen LogP contribution is -2.12. The van der Waals surface area contributed by atoms with Crippen molar-refractivity contribution in [3.05, 3.63) is 18.0 Å². The summed E-state index contributed by atoms with van der Waals surface area (Å²) in [6.07, 6.45) is 3.24. The van der Waals surface area contributed by atoms with Gasteiger partial charge in [0.05, 0.1) is 18.3 Å². The van der Waals surface area contributed by atoms with E-state index in [-0.39, 0.29) is 37.1 Å². The van der Waals surface area contributed by atoms with E-state index in [9.17, 15) is 4.79 Å². The molecule has 0 fully saturated rings. The Morgan fingerprint density at radius 3 is 2.62 bits per heavy atom. The molecule has 0 aliphatic heterocycles. The van der Waals surface area contributed by atoms with Crippen LogP contribution in [0.4, 0.5) is 0 Å². The van der Waals surface area contributed by atoms with Gasteiger partial charge in [0.1, 0.15) is 0 Å². The van der Waals surface area contributed by atoms with Crippen molar-refractivity contribution in [1.29, 1.82) is 0 Å². The maximum atomic E-state index is 11.0. The molecule has 1 rings (SSSR count). The highest BCUT2D eigenvalue weighted by Crippen LogP contribution is 1.97. The van der Waals surface area contributed by atoms with E-state index in [4.69, 9.17) is 5.73 Å². The summed E-state index contributed by atoms with van der Waals surface area (Å²) in [5, 5.41) is 3.94. The normalized spacial score (nSPS) is 8.46. The third-order valence-corrected chi connectivity index (χ3v) is 1.46. The van der Waals surface area contributed by atoms with Crippen LogP contribution in [0.1, 0.15) is 17.3 Å². The van der Waals surface area contributed by atoms with Gasteiger partial charge < -0.3 is 5.73 Å². The number of aromatic nitrogens is 2. The van der Waals surface area contributed by atoms with Gasteiger partial charge in [0.15, 0.2) is 5.78 Å². The van der Waals surface area contributed by atoms with Gasteiger partial charge >= 0.3 is 0 Å². The molecule has 76 valence electrons. The number of halogens is 2. The Kier molecular flexibility index (Phi) is 7.90. The summed E-state index contributed by atoms with van der Waals surface area (Å²) >= 11 is 0. The second kappa shape index (κ2) is 6.88. The number of carbonyl (C=O) groups excluding carboxylic acids is 1. The van der Waals surface area contributed by atoms with E-state index < -0.39 is 0 Å². The first-order chi connectivity index (χ1) is 5.27. The Labute approximate surface area is 89.3 Å². The van der Waals surface area contributed by atoms with Gasteiger partial charge in [-0.1, -0.05) is 0 Å². The summed E-state index contributed by atoms with van der Waals surface area (Å²) < 4.78 is 1.70. The molecule has 6 heteroatoms. The lowest BCUT2D eigenvalue weighted by Gasteiger charge is -1.90. The van der Waals surface area contributed by atoms with E-state index in [1.165, 1.54) is 0 Å². The van der Waals surface area contributed by atoms with Crippen LogP contribution in [0.3, 0.4) is 0 Å². The average molecular weight is 226 g/mol. The van der Waals surface area contributed by atoms with E-state index in [1.807, 2.05) is 6.92 Å². The van der Waals surface area contributed by atoms with Crippen LogP contribution in [-0.2, 0) is 6.54 Å². The molecule has 2 N–H and O–H groups in total. The van der Waals surface area contributed by atoms with Crippen LogP contribution >= 0.6 is 24.8 Å². The number of carbonyl (C=O) groups is 1. The number of aryl methyl sites for hydroxylation is 1. The van der Waals surface area contributed by atoms with Crippen molar-refractivity contribution in [2.24, 2.45) is 5.73 Å². The lowest BCUT2D eigenvalue weighted by molar-refractivity contribution is 0.100. The number of nitrogens with two attached hydrogens (primary N) is 1. The highest BCUT2D eigenvalue weighted by Gasteiger charge is 2.04. The van der Waals surface area contributed by atoms with Crippen LogP contribution < -0.4 is 5.73 Å². The molecule has 13 heavy (non-hydrogen) atoms. The molecule has 0 atom stereocenters. The fourth-order valence-electron chi connectivity index (χ4n) is 0.798. The quantitative estimate of drug-likeness (QED) is 0.778. The molecule has 0 aliphatic carbocycles. The summed E-state index contributed by atoms with van der Waals surface area (Å²) in [7, 11) is 0. The Bertz CT molecular complexity index is 262. The Morgan fingerprint density at radius 2 is 2.23 bits per heavy atom. The summed E-state index contributed by atoms with van der Waals surface area (Å²) in [6.45, 7) is 2.79. The molecule has 0 saturated carbocycles. The van der Waals surface area contributed by atoms with Crippen LogP contribution in [0.2, 0.25) is 0 Å². The van der Waals surface area contributed by atoms with Gasteiger partial charge in [0.25, 0.3) is 0 Å². The van der Waals surface area contributed by atoms with Crippen molar-refractivity contribution >= 4 is 30.6 Å². The molecule has 1 heterocycles.